The smallest absolute Gasteiger partial charge is 0.231 e. The summed E-state index contributed by atoms with van der Waals surface area (Å²) in [5.41, 5.74) is 0.996. The zero-order valence-corrected chi connectivity index (χ0v) is 13.3. The molecule has 0 spiro atoms. The third-order valence-corrected chi connectivity index (χ3v) is 4.97. The first-order valence-corrected chi connectivity index (χ1v) is 8.50. The van der Waals surface area contributed by atoms with Gasteiger partial charge in [-0.1, -0.05) is 23.4 Å². The number of likely N-dealkylation sites (tertiary alicyclic amines) is 1. The molecule has 1 fully saturated rings. The summed E-state index contributed by atoms with van der Waals surface area (Å²) in [5, 5.41) is 6.08. The van der Waals surface area contributed by atoms with E-state index in [9.17, 15) is 4.39 Å². The molecular weight excluding hydrogens is 313 g/mol. The highest BCUT2D eigenvalue weighted by molar-refractivity contribution is 7.13. The molecule has 0 aliphatic carbocycles. The van der Waals surface area contributed by atoms with Gasteiger partial charge in [-0.3, -0.25) is 4.90 Å². The van der Waals surface area contributed by atoms with E-state index in [2.05, 4.69) is 15.0 Å². The molecule has 0 amide bonds. The Labute approximate surface area is 137 Å². The van der Waals surface area contributed by atoms with Gasteiger partial charge in [-0.2, -0.15) is 4.98 Å². The fourth-order valence-corrected chi connectivity index (χ4v) is 3.63. The molecule has 1 saturated heterocycles. The van der Waals surface area contributed by atoms with Crippen LogP contribution in [0.1, 0.15) is 23.8 Å². The zero-order chi connectivity index (χ0) is 15.6. The topological polar surface area (TPSA) is 42.2 Å². The molecule has 0 bridgehead atoms. The summed E-state index contributed by atoms with van der Waals surface area (Å²) in [5.74, 6) is 1.44. The number of benzene rings is 1. The maximum Gasteiger partial charge on any atom is 0.231 e. The molecule has 4 rings (SSSR count). The molecule has 1 aromatic carbocycles. The van der Waals surface area contributed by atoms with Crippen molar-refractivity contribution in [2.24, 2.45) is 0 Å². The first kappa shape index (κ1) is 14.5. The predicted octanol–water partition coefficient (Wildman–Crippen LogP) is 3.93. The van der Waals surface area contributed by atoms with Gasteiger partial charge in [0.1, 0.15) is 5.82 Å². The van der Waals surface area contributed by atoms with E-state index in [0.29, 0.717) is 11.7 Å². The average molecular weight is 329 g/mol. The van der Waals surface area contributed by atoms with Crippen LogP contribution in [0.2, 0.25) is 0 Å². The van der Waals surface area contributed by atoms with Crippen molar-refractivity contribution in [3.63, 3.8) is 0 Å². The summed E-state index contributed by atoms with van der Waals surface area (Å²) in [6, 6.07) is 10.7. The lowest BCUT2D eigenvalue weighted by Crippen LogP contribution is -2.19. The van der Waals surface area contributed by atoms with Crippen LogP contribution in [-0.4, -0.2) is 28.1 Å². The van der Waals surface area contributed by atoms with Crippen molar-refractivity contribution in [2.75, 3.05) is 13.1 Å². The Morgan fingerprint density at radius 3 is 3.09 bits per heavy atom. The van der Waals surface area contributed by atoms with Gasteiger partial charge in [0.25, 0.3) is 0 Å². The minimum atomic E-state index is -0.185. The van der Waals surface area contributed by atoms with E-state index in [4.69, 9.17) is 4.52 Å². The third-order valence-electron chi connectivity index (χ3n) is 4.10. The minimum absolute atomic E-state index is 0.185. The average Bonchev–Trinajstić information content (AvgIpc) is 3.28. The molecule has 1 atom stereocenters. The number of aromatic nitrogens is 2. The van der Waals surface area contributed by atoms with Crippen LogP contribution in [0.15, 0.2) is 46.3 Å². The highest BCUT2D eigenvalue weighted by Crippen LogP contribution is 2.29. The molecule has 118 valence electrons. The molecule has 0 radical (unpaired) electrons. The molecule has 23 heavy (non-hydrogen) atoms. The lowest BCUT2D eigenvalue weighted by molar-refractivity contribution is 0.309. The molecule has 0 N–H and O–H groups in total. The van der Waals surface area contributed by atoms with Crippen molar-refractivity contribution in [3.05, 3.63) is 59.0 Å². The first-order chi connectivity index (χ1) is 11.3. The summed E-state index contributed by atoms with van der Waals surface area (Å²) in [4.78, 5) is 7.86. The number of rotatable bonds is 4. The summed E-state index contributed by atoms with van der Waals surface area (Å²) in [6.07, 6.45) is 0.987. The Hall–Kier alpha value is -2.05. The van der Waals surface area contributed by atoms with E-state index in [1.54, 1.807) is 23.5 Å². The van der Waals surface area contributed by atoms with E-state index in [1.165, 1.54) is 6.07 Å². The van der Waals surface area contributed by atoms with Crippen LogP contribution in [0, 0.1) is 5.82 Å². The van der Waals surface area contributed by atoms with E-state index in [0.717, 1.165) is 36.5 Å². The second kappa shape index (κ2) is 6.22. The SMILES string of the molecule is Fc1cccc(CN2CC[C@@H](c3nc(-c4cccs4)no3)C2)c1. The van der Waals surface area contributed by atoms with Gasteiger partial charge in [0, 0.05) is 13.1 Å². The maximum atomic E-state index is 13.3. The maximum absolute atomic E-state index is 13.3. The van der Waals surface area contributed by atoms with E-state index in [-0.39, 0.29) is 11.7 Å². The number of hydrogen-bond donors (Lipinski definition) is 0. The molecule has 3 heterocycles. The molecule has 6 heteroatoms. The van der Waals surface area contributed by atoms with Crippen LogP contribution >= 0.6 is 11.3 Å². The van der Waals surface area contributed by atoms with Crippen molar-refractivity contribution in [2.45, 2.75) is 18.9 Å². The van der Waals surface area contributed by atoms with Crippen molar-refractivity contribution in [1.82, 2.24) is 15.0 Å². The molecule has 3 aromatic rings. The summed E-state index contributed by atoms with van der Waals surface area (Å²) in [6.45, 7) is 2.57. The number of hydrogen-bond acceptors (Lipinski definition) is 5. The fraction of sp³-hybridized carbons (Fsp3) is 0.294. The monoisotopic (exact) mass is 329 g/mol. The highest BCUT2D eigenvalue weighted by atomic mass is 32.1. The van der Waals surface area contributed by atoms with Gasteiger partial charge >= 0.3 is 0 Å². The van der Waals surface area contributed by atoms with E-state index in [1.807, 2.05) is 23.6 Å². The minimum Gasteiger partial charge on any atom is -0.339 e. The van der Waals surface area contributed by atoms with Crippen LogP contribution in [0.5, 0.6) is 0 Å². The number of nitrogens with zero attached hydrogens (tertiary/aromatic N) is 3. The van der Waals surface area contributed by atoms with Crippen molar-refractivity contribution in [3.8, 4) is 10.7 Å². The molecule has 0 saturated carbocycles. The van der Waals surface area contributed by atoms with Gasteiger partial charge in [0.05, 0.1) is 10.8 Å². The third kappa shape index (κ3) is 3.18. The molecule has 2 aromatic heterocycles. The Kier molecular flexibility index (Phi) is 3.93. The van der Waals surface area contributed by atoms with Crippen LogP contribution in [0.25, 0.3) is 10.7 Å². The van der Waals surface area contributed by atoms with Gasteiger partial charge in [-0.05, 0) is 42.1 Å². The second-order valence-electron chi connectivity index (χ2n) is 5.78. The van der Waals surface area contributed by atoms with Gasteiger partial charge in [-0.15, -0.1) is 11.3 Å². The summed E-state index contributed by atoms with van der Waals surface area (Å²) in [7, 11) is 0. The molecular formula is C17H16FN3OS. The van der Waals surface area contributed by atoms with Gasteiger partial charge in [-0.25, -0.2) is 4.39 Å². The highest BCUT2D eigenvalue weighted by Gasteiger charge is 2.28. The van der Waals surface area contributed by atoms with Gasteiger partial charge in [0.2, 0.25) is 11.7 Å². The van der Waals surface area contributed by atoms with Gasteiger partial charge < -0.3 is 4.52 Å². The summed E-state index contributed by atoms with van der Waals surface area (Å²) >= 11 is 1.60. The van der Waals surface area contributed by atoms with Crippen molar-refractivity contribution >= 4 is 11.3 Å². The van der Waals surface area contributed by atoms with Crippen LogP contribution in [-0.2, 0) is 6.54 Å². The first-order valence-electron chi connectivity index (χ1n) is 7.62. The van der Waals surface area contributed by atoms with E-state index >= 15 is 0 Å². The lowest BCUT2D eigenvalue weighted by atomic mass is 10.1. The molecule has 1 aliphatic heterocycles. The lowest BCUT2D eigenvalue weighted by Gasteiger charge is -2.15. The van der Waals surface area contributed by atoms with E-state index < -0.39 is 0 Å². The predicted molar refractivity (Wildman–Crippen MR) is 86.6 cm³/mol. The number of thiophene rings is 1. The Morgan fingerprint density at radius 1 is 1.30 bits per heavy atom. The van der Waals surface area contributed by atoms with Crippen LogP contribution in [0.4, 0.5) is 4.39 Å². The summed E-state index contributed by atoms with van der Waals surface area (Å²) < 4.78 is 18.7. The Morgan fingerprint density at radius 2 is 2.26 bits per heavy atom. The van der Waals surface area contributed by atoms with Crippen LogP contribution < -0.4 is 0 Å². The largest absolute Gasteiger partial charge is 0.339 e. The molecule has 1 aliphatic rings. The zero-order valence-electron chi connectivity index (χ0n) is 12.5. The van der Waals surface area contributed by atoms with Crippen molar-refractivity contribution < 1.29 is 8.91 Å². The van der Waals surface area contributed by atoms with Gasteiger partial charge in [0.15, 0.2) is 0 Å². The number of halogens is 1. The standard InChI is InChI=1S/C17H16FN3OS/c18-14-4-1-3-12(9-14)10-21-7-6-13(11-21)17-19-16(20-22-17)15-5-2-8-23-15/h1-5,8-9,13H,6-7,10-11H2/t13-/m1/s1. The second-order valence-corrected chi connectivity index (χ2v) is 6.73. The Balaban J connectivity index is 1.42. The van der Waals surface area contributed by atoms with Crippen molar-refractivity contribution in [1.29, 1.82) is 0 Å². The quantitative estimate of drug-likeness (QED) is 0.727. The fourth-order valence-electron chi connectivity index (χ4n) is 2.98. The molecule has 4 nitrogen and oxygen atoms in total. The molecule has 0 unspecified atom stereocenters. The normalized spacial score (nSPS) is 18.6. The Bertz CT molecular complexity index is 787. The van der Waals surface area contributed by atoms with Crippen LogP contribution in [0.3, 0.4) is 0 Å².